The SMILES string of the molecule is COC(C)C(C)NC1CCN2CCCC12. The molecule has 2 saturated heterocycles. The van der Waals surface area contributed by atoms with E-state index in [0.29, 0.717) is 18.2 Å². The van der Waals surface area contributed by atoms with Gasteiger partial charge in [-0.2, -0.15) is 0 Å². The van der Waals surface area contributed by atoms with Crippen molar-refractivity contribution < 1.29 is 4.74 Å². The van der Waals surface area contributed by atoms with Crippen LogP contribution in [-0.2, 0) is 4.74 Å². The number of methoxy groups -OCH3 is 1. The highest BCUT2D eigenvalue weighted by Gasteiger charge is 2.37. The zero-order chi connectivity index (χ0) is 10.8. The van der Waals surface area contributed by atoms with Gasteiger partial charge in [-0.25, -0.2) is 0 Å². The first-order chi connectivity index (χ1) is 7.22. The van der Waals surface area contributed by atoms with Gasteiger partial charge < -0.3 is 10.1 Å². The minimum Gasteiger partial charge on any atom is -0.380 e. The molecule has 0 aliphatic carbocycles. The first-order valence-corrected chi connectivity index (χ1v) is 6.25. The minimum atomic E-state index is 0.306. The molecule has 0 aromatic heterocycles. The van der Waals surface area contributed by atoms with Crippen LogP contribution in [0.25, 0.3) is 0 Å². The van der Waals surface area contributed by atoms with Crippen LogP contribution in [0.2, 0.25) is 0 Å². The molecule has 0 spiro atoms. The lowest BCUT2D eigenvalue weighted by atomic mass is 10.0. The monoisotopic (exact) mass is 212 g/mol. The Balaban J connectivity index is 1.84. The van der Waals surface area contributed by atoms with Gasteiger partial charge in [0.15, 0.2) is 0 Å². The first kappa shape index (κ1) is 11.4. The highest BCUT2D eigenvalue weighted by Crippen LogP contribution is 2.28. The molecule has 0 amide bonds. The maximum atomic E-state index is 5.36. The second kappa shape index (κ2) is 4.81. The Bertz CT molecular complexity index is 210. The van der Waals surface area contributed by atoms with Crippen LogP contribution in [0.1, 0.15) is 33.1 Å². The molecule has 0 aromatic carbocycles. The quantitative estimate of drug-likeness (QED) is 0.759. The molecule has 2 fully saturated rings. The van der Waals surface area contributed by atoms with Gasteiger partial charge in [-0.15, -0.1) is 0 Å². The third kappa shape index (κ3) is 2.35. The summed E-state index contributed by atoms with van der Waals surface area (Å²) in [5.74, 6) is 0. The normalized spacial score (nSPS) is 35.4. The summed E-state index contributed by atoms with van der Waals surface area (Å²) in [5, 5.41) is 3.73. The van der Waals surface area contributed by atoms with Gasteiger partial charge in [-0.1, -0.05) is 0 Å². The Morgan fingerprint density at radius 2 is 2.07 bits per heavy atom. The number of ether oxygens (including phenoxy) is 1. The molecule has 3 nitrogen and oxygen atoms in total. The Labute approximate surface area is 93.2 Å². The lowest BCUT2D eigenvalue weighted by molar-refractivity contribution is 0.0826. The lowest BCUT2D eigenvalue weighted by Gasteiger charge is -2.27. The highest BCUT2D eigenvalue weighted by molar-refractivity contribution is 4.96. The van der Waals surface area contributed by atoms with Crippen LogP contribution >= 0.6 is 0 Å². The summed E-state index contributed by atoms with van der Waals surface area (Å²) in [6.45, 7) is 6.97. The number of nitrogens with one attached hydrogen (secondary N) is 1. The zero-order valence-corrected chi connectivity index (χ0v) is 10.2. The molecule has 3 heteroatoms. The van der Waals surface area contributed by atoms with Crippen LogP contribution in [0.15, 0.2) is 0 Å². The number of fused-ring (bicyclic) bond motifs is 1. The summed E-state index contributed by atoms with van der Waals surface area (Å²) in [6, 6.07) is 1.96. The molecule has 0 aromatic rings. The summed E-state index contributed by atoms with van der Waals surface area (Å²) in [6.07, 6.45) is 4.38. The summed E-state index contributed by atoms with van der Waals surface area (Å²) in [5.41, 5.74) is 0. The van der Waals surface area contributed by atoms with E-state index in [1.807, 2.05) is 0 Å². The molecule has 2 aliphatic heterocycles. The molecular weight excluding hydrogens is 188 g/mol. The van der Waals surface area contributed by atoms with E-state index < -0.39 is 0 Å². The average Bonchev–Trinajstić information content (AvgIpc) is 2.81. The summed E-state index contributed by atoms with van der Waals surface area (Å²) < 4.78 is 5.36. The molecule has 15 heavy (non-hydrogen) atoms. The molecule has 88 valence electrons. The van der Waals surface area contributed by atoms with Crippen LogP contribution in [-0.4, -0.2) is 49.3 Å². The fourth-order valence-electron chi connectivity index (χ4n) is 2.95. The van der Waals surface area contributed by atoms with Gasteiger partial charge in [-0.05, 0) is 39.7 Å². The molecule has 1 N–H and O–H groups in total. The average molecular weight is 212 g/mol. The number of nitrogens with zero attached hydrogens (tertiary/aromatic N) is 1. The zero-order valence-electron chi connectivity index (χ0n) is 10.2. The van der Waals surface area contributed by atoms with Crippen molar-refractivity contribution in [1.29, 1.82) is 0 Å². The van der Waals surface area contributed by atoms with Gasteiger partial charge in [0.25, 0.3) is 0 Å². The second-order valence-corrected chi connectivity index (χ2v) is 5.04. The van der Waals surface area contributed by atoms with Crippen molar-refractivity contribution in [3.05, 3.63) is 0 Å². The van der Waals surface area contributed by atoms with Gasteiger partial charge in [-0.3, -0.25) is 4.90 Å². The van der Waals surface area contributed by atoms with E-state index in [4.69, 9.17) is 4.74 Å². The Morgan fingerprint density at radius 3 is 2.80 bits per heavy atom. The minimum absolute atomic E-state index is 0.306. The Hall–Kier alpha value is -0.120. The topological polar surface area (TPSA) is 24.5 Å². The van der Waals surface area contributed by atoms with E-state index in [0.717, 1.165) is 6.04 Å². The van der Waals surface area contributed by atoms with Gasteiger partial charge in [0.1, 0.15) is 0 Å². The Kier molecular flexibility index (Phi) is 3.65. The second-order valence-electron chi connectivity index (χ2n) is 5.04. The van der Waals surface area contributed by atoms with Crippen molar-refractivity contribution in [3.8, 4) is 0 Å². The fraction of sp³-hybridized carbons (Fsp3) is 1.00. The third-order valence-electron chi connectivity index (χ3n) is 4.16. The smallest absolute Gasteiger partial charge is 0.0693 e. The lowest BCUT2D eigenvalue weighted by Crippen LogP contribution is -2.47. The molecule has 2 heterocycles. The maximum Gasteiger partial charge on any atom is 0.0693 e. The van der Waals surface area contributed by atoms with Crippen molar-refractivity contribution in [2.75, 3.05) is 20.2 Å². The number of hydrogen-bond donors (Lipinski definition) is 1. The van der Waals surface area contributed by atoms with Gasteiger partial charge in [0, 0.05) is 31.8 Å². The van der Waals surface area contributed by atoms with E-state index in [1.165, 1.54) is 32.4 Å². The van der Waals surface area contributed by atoms with Crippen molar-refractivity contribution >= 4 is 0 Å². The van der Waals surface area contributed by atoms with Crippen LogP contribution in [0.5, 0.6) is 0 Å². The predicted molar refractivity (Wildman–Crippen MR) is 62.1 cm³/mol. The largest absolute Gasteiger partial charge is 0.380 e. The summed E-state index contributed by atoms with van der Waals surface area (Å²) >= 11 is 0. The van der Waals surface area contributed by atoms with E-state index in [1.54, 1.807) is 7.11 Å². The standard InChI is InChI=1S/C12H24N2O/c1-9(10(2)15-3)13-11-6-8-14-7-4-5-12(11)14/h9-13H,4-8H2,1-3H3. The van der Waals surface area contributed by atoms with E-state index in [9.17, 15) is 0 Å². The van der Waals surface area contributed by atoms with Crippen molar-refractivity contribution in [1.82, 2.24) is 10.2 Å². The van der Waals surface area contributed by atoms with E-state index in [2.05, 4.69) is 24.1 Å². The third-order valence-corrected chi connectivity index (χ3v) is 4.16. The van der Waals surface area contributed by atoms with E-state index >= 15 is 0 Å². The number of rotatable bonds is 4. The van der Waals surface area contributed by atoms with Crippen molar-refractivity contribution in [2.45, 2.75) is 57.3 Å². The molecule has 4 unspecified atom stereocenters. The Morgan fingerprint density at radius 1 is 1.27 bits per heavy atom. The van der Waals surface area contributed by atoms with Gasteiger partial charge in [0.05, 0.1) is 6.10 Å². The molecular formula is C12H24N2O. The molecule has 0 saturated carbocycles. The fourth-order valence-corrected chi connectivity index (χ4v) is 2.95. The maximum absolute atomic E-state index is 5.36. The summed E-state index contributed by atoms with van der Waals surface area (Å²) in [4.78, 5) is 2.64. The van der Waals surface area contributed by atoms with Crippen LogP contribution in [0.3, 0.4) is 0 Å². The molecule has 4 atom stereocenters. The molecule has 0 radical (unpaired) electrons. The number of hydrogen-bond acceptors (Lipinski definition) is 3. The molecule has 2 aliphatic rings. The predicted octanol–water partition coefficient (Wildman–Crippen LogP) is 1.24. The highest BCUT2D eigenvalue weighted by atomic mass is 16.5. The van der Waals surface area contributed by atoms with Gasteiger partial charge in [0.2, 0.25) is 0 Å². The van der Waals surface area contributed by atoms with Crippen molar-refractivity contribution in [2.24, 2.45) is 0 Å². The van der Waals surface area contributed by atoms with Gasteiger partial charge >= 0.3 is 0 Å². The van der Waals surface area contributed by atoms with Crippen LogP contribution in [0, 0.1) is 0 Å². The molecule has 2 rings (SSSR count). The summed E-state index contributed by atoms with van der Waals surface area (Å²) in [7, 11) is 1.79. The first-order valence-electron chi connectivity index (χ1n) is 6.25. The van der Waals surface area contributed by atoms with Crippen LogP contribution in [0.4, 0.5) is 0 Å². The molecule has 0 bridgehead atoms. The van der Waals surface area contributed by atoms with Crippen LogP contribution < -0.4 is 5.32 Å². The van der Waals surface area contributed by atoms with Crippen molar-refractivity contribution in [3.63, 3.8) is 0 Å². The van der Waals surface area contributed by atoms with E-state index in [-0.39, 0.29) is 0 Å².